The molecule has 1 heterocycles. The molecule has 0 saturated heterocycles. The second-order valence-corrected chi connectivity index (χ2v) is 4.81. The molecule has 1 aromatic heterocycles. The van der Waals surface area contributed by atoms with E-state index in [4.69, 9.17) is 0 Å². The van der Waals surface area contributed by atoms with E-state index in [0.717, 1.165) is 27.0 Å². The van der Waals surface area contributed by atoms with Gasteiger partial charge < -0.3 is 5.11 Å². The first-order valence-corrected chi connectivity index (χ1v) is 6.19. The Balaban J connectivity index is 2.31. The number of rotatable bonds is 3. The van der Waals surface area contributed by atoms with Gasteiger partial charge in [-0.2, -0.15) is 0 Å². The summed E-state index contributed by atoms with van der Waals surface area (Å²) in [4.78, 5) is 9.75. The maximum absolute atomic E-state index is 9.25. The van der Waals surface area contributed by atoms with Gasteiger partial charge >= 0.3 is 0 Å². The predicted molar refractivity (Wildman–Crippen MR) is 68.0 cm³/mol. The number of aryl methyl sites for hydroxylation is 2. The predicted octanol–water partition coefficient (Wildman–Crippen LogP) is 2.74. The van der Waals surface area contributed by atoms with Crippen LogP contribution in [0.4, 0.5) is 0 Å². The zero-order valence-electron chi connectivity index (χ0n) is 9.84. The summed E-state index contributed by atoms with van der Waals surface area (Å²) in [6.45, 7) is 3.95. The van der Waals surface area contributed by atoms with Crippen LogP contribution in [0.3, 0.4) is 0 Å². The average molecular weight is 246 g/mol. The van der Waals surface area contributed by atoms with Crippen LogP contribution in [0.2, 0.25) is 0 Å². The summed E-state index contributed by atoms with van der Waals surface area (Å²) >= 11 is 1.48. The Kier molecular flexibility index (Phi) is 3.76. The largest absolute Gasteiger partial charge is 0.392 e. The Bertz CT molecular complexity index is 508. The molecule has 0 aliphatic rings. The minimum Gasteiger partial charge on any atom is -0.392 e. The molecule has 88 valence electrons. The van der Waals surface area contributed by atoms with Crippen LogP contribution in [-0.4, -0.2) is 15.1 Å². The van der Waals surface area contributed by atoms with E-state index in [9.17, 15) is 5.11 Å². The van der Waals surface area contributed by atoms with Gasteiger partial charge in [0, 0.05) is 16.3 Å². The minimum absolute atomic E-state index is 0.0357. The van der Waals surface area contributed by atoms with Gasteiger partial charge in [-0.3, -0.25) is 0 Å². The van der Waals surface area contributed by atoms with E-state index in [1.54, 1.807) is 0 Å². The lowest BCUT2D eigenvalue weighted by molar-refractivity contribution is 0.279. The first-order chi connectivity index (χ1) is 8.19. The molecule has 0 amide bonds. The number of nitrogens with zero attached hydrogens (tertiary/aromatic N) is 2. The van der Waals surface area contributed by atoms with E-state index >= 15 is 0 Å². The molecule has 0 spiro atoms. The lowest BCUT2D eigenvalue weighted by atomic mass is 10.2. The fourth-order valence-corrected chi connectivity index (χ4v) is 2.56. The third-order valence-electron chi connectivity index (χ3n) is 2.31. The molecule has 2 rings (SSSR count). The number of hydrogen-bond donors (Lipinski definition) is 1. The smallest absolute Gasteiger partial charge is 0.192 e. The summed E-state index contributed by atoms with van der Waals surface area (Å²) < 4.78 is 0. The summed E-state index contributed by atoms with van der Waals surface area (Å²) in [5.41, 5.74) is 2.82. The first kappa shape index (κ1) is 12.1. The highest BCUT2D eigenvalue weighted by molar-refractivity contribution is 7.99. The number of aliphatic hydroxyl groups excluding tert-OH is 1. The van der Waals surface area contributed by atoms with Gasteiger partial charge in [-0.15, -0.1) is 0 Å². The molecule has 0 aliphatic carbocycles. The molecule has 0 fully saturated rings. The van der Waals surface area contributed by atoms with Gasteiger partial charge in [0.15, 0.2) is 5.16 Å². The first-order valence-electron chi connectivity index (χ1n) is 5.38. The number of aliphatic hydroxyl groups is 1. The van der Waals surface area contributed by atoms with Crippen molar-refractivity contribution in [3.05, 3.63) is 47.3 Å². The zero-order valence-corrected chi connectivity index (χ0v) is 10.7. The highest BCUT2D eigenvalue weighted by atomic mass is 32.2. The van der Waals surface area contributed by atoms with E-state index in [2.05, 4.69) is 9.97 Å². The summed E-state index contributed by atoms with van der Waals surface area (Å²) in [6.07, 6.45) is 0. The third-order valence-corrected chi connectivity index (χ3v) is 3.29. The Hall–Kier alpha value is -1.39. The zero-order chi connectivity index (χ0) is 12.3. The van der Waals surface area contributed by atoms with Gasteiger partial charge in [0.25, 0.3) is 0 Å². The monoisotopic (exact) mass is 246 g/mol. The molecular formula is C13H14N2OS. The van der Waals surface area contributed by atoms with E-state index in [0.29, 0.717) is 0 Å². The van der Waals surface area contributed by atoms with Crippen LogP contribution < -0.4 is 0 Å². The summed E-state index contributed by atoms with van der Waals surface area (Å²) in [6, 6.07) is 9.69. The van der Waals surface area contributed by atoms with Gasteiger partial charge in [0.2, 0.25) is 0 Å². The number of benzene rings is 1. The maximum atomic E-state index is 9.25. The van der Waals surface area contributed by atoms with Crippen molar-refractivity contribution in [3.63, 3.8) is 0 Å². The van der Waals surface area contributed by atoms with Crippen LogP contribution in [0.25, 0.3) is 0 Å². The quantitative estimate of drug-likeness (QED) is 0.846. The van der Waals surface area contributed by atoms with E-state index in [-0.39, 0.29) is 6.61 Å². The highest BCUT2D eigenvalue weighted by Crippen LogP contribution is 2.28. The molecule has 0 aliphatic heterocycles. The second kappa shape index (κ2) is 5.29. The van der Waals surface area contributed by atoms with Crippen molar-refractivity contribution in [2.75, 3.05) is 0 Å². The Morgan fingerprint density at radius 3 is 2.41 bits per heavy atom. The fourth-order valence-electron chi connectivity index (χ4n) is 1.57. The number of aromatic nitrogens is 2. The molecule has 0 unspecified atom stereocenters. The van der Waals surface area contributed by atoms with Crippen LogP contribution >= 0.6 is 11.8 Å². The number of hydrogen-bond acceptors (Lipinski definition) is 4. The second-order valence-electron chi connectivity index (χ2n) is 3.80. The Labute approximate surface area is 105 Å². The van der Waals surface area contributed by atoms with Crippen LogP contribution in [0.5, 0.6) is 0 Å². The maximum Gasteiger partial charge on any atom is 0.192 e. The van der Waals surface area contributed by atoms with Crippen molar-refractivity contribution in [1.29, 1.82) is 0 Å². The third kappa shape index (κ3) is 3.05. The molecule has 0 saturated carbocycles. The molecule has 0 atom stereocenters. The van der Waals surface area contributed by atoms with Gasteiger partial charge in [0.1, 0.15) is 0 Å². The normalized spacial score (nSPS) is 10.5. The molecule has 2 aromatic rings. The van der Waals surface area contributed by atoms with Crippen molar-refractivity contribution in [3.8, 4) is 0 Å². The molecule has 0 bridgehead atoms. The molecule has 0 radical (unpaired) electrons. The van der Waals surface area contributed by atoms with Gasteiger partial charge in [-0.05, 0) is 43.3 Å². The fraction of sp³-hybridized carbons (Fsp3) is 0.231. The lowest BCUT2D eigenvalue weighted by Gasteiger charge is -2.06. The van der Waals surface area contributed by atoms with Crippen molar-refractivity contribution >= 4 is 11.8 Å². The summed E-state index contributed by atoms with van der Waals surface area (Å²) in [7, 11) is 0. The van der Waals surface area contributed by atoms with Crippen LogP contribution in [0.15, 0.2) is 40.4 Å². The van der Waals surface area contributed by atoms with Gasteiger partial charge in [0.05, 0.1) is 6.61 Å². The van der Waals surface area contributed by atoms with Crippen molar-refractivity contribution in [2.45, 2.75) is 30.5 Å². The summed E-state index contributed by atoms with van der Waals surface area (Å²) in [5, 5.41) is 9.98. The highest BCUT2D eigenvalue weighted by Gasteiger charge is 2.06. The lowest BCUT2D eigenvalue weighted by Crippen LogP contribution is -1.94. The van der Waals surface area contributed by atoms with E-state index in [1.165, 1.54) is 11.8 Å². The van der Waals surface area contributed by atoms with Crippen LogP contribution in [-0.2, 0) is 6.61 Å². The average Bonchev–Trinajstić information content (AvgIpc) is 2.28. The molecule has 17 heavy (non-hydrogen) atoms. The van der Waals surface area contributed by atoms with Crippen molar-refractivity contribution in [1.82, 2.24) is 9.97 Å². The molecular weight excluding hydrogens is 232 g/mol. The topological polar surface area (TPSA) is 46.0 Å². The molecule has 1 N–H and O–H groups in total. The molecule has 4 heteroatoms. The van der Waals surface area contributed by atoms with Gasteiger partial charge in [-0.25, -0.2) is 9.97 Å². The molecule has 1 aromatic carbocycles. The van der Waals surface area contributed by atoms with E-state index < -0.39 is 0 Å². The van der Waals surface area contributed by atoms with Crippen LogP contribution in [0.1, 0.15) is 17.0 Å². The minimum atomic E-state index is 0.0357. The van der Waals surface area contributed by atoms with Crippen molar-refractivity contribution < 1.29 is 5.11 Å². The Morgan fingerprint density at radius 2 is 1.76 bits per heavy atom. The molecule has 3 nitrogen and oxygen atoms in total. The van der Waals surface area contributed by atoms with Crippen molar-refractivity contribution in [2.24, 2.45) is 0 Å². The van der Waals surface area contributed by atoms with Gasteiger partial charge in [-0.1, -0.05) is 18.2 Å². The Morgan fingerprint density at radius 1 is 1.12 bits per heavy atom. The van der Waals surface area contributed by atoms with E-state index in [1.807, 2.05) is 44.2 Å². The SMILES string of the molecule is Cc1cc(C)nc(Sc2ccccc2CO)n1. The summed E-state index contributed by atoms with van der Waals surface area (Å²) in [5.74, 6) is 0. The standard InChI is InChI=1S/C13H14N2OS/c1-9-7-10(2)15-13(14-9)17-12-6-4-3-5-11(12)8-16/h3-7,16H,8H2,1-2H3. The van der Waals surface area contributed by atoms with Crippen LogP contribution in [0, 0.1) is 13.8 Å².